The second kappa shape index (κ2) is 4.72. The zero-order valence-corrected chi connectivity index (χ0v) is 8.37. The summed E-state index contributed by atoms with van der Waals surface area (Å²) in [6.07, 6.45) is 0. The third-order valence-corrected chi connectivity index (χ3v) is 1.52. The quantitative estimate of drug-likeness (QED) is 0.717. The van der Waals surface area contributed by atoms with Gasteiger partial charge < -0.3 is 10.2 Å². The molecule has 0 unspecified atom stereocenters. The number of hydrogen-bond donors (Lipinski definition) is 1. The van der Waals surface area contributed by atoms with E-state index >= 15 is 0 Å². The Kier molecular flexibility index (Phi) is 3.58. The molecule has 0 fully saturated rings. The molecule has 0 saturated carbocycles. The predicted molar refractivity (Wildman–Crippen MR) is 54.9 cm³/mol. The van der Waals surface area contributed by atoms with Gasteiger partial charge in [0, 0.05) is 19.8 Å². The first kappa shape index (κ1) is 9.86. The van der Waals surface area contributed by atoms with Crippen molar-refractivity contribution in [2.45, 2.75) is 6.92 Å². The van der Waals surface area contributed by atoms with E-state index in [1.165, 1.54) is 0 Å². The van der Waals surface area contributed by atoms with Crippen molar-refractivity contribution in [3.05, 3.63) is 24.3 Å². The van der Waals surface area contributed by atoms with E-state index in [-0.39, 0.29) is 0 Å². The van der Waals surface area contributed by atoms with Crippen molar-refractivity contribution in [1.82, 2.24) is 5.01 Å². The van der Waals surface area contributed by atoms with Crippen molar-refractivity contribution in [3.63, 3.8) is 0 Å². The monoisotopic (exact) mass is 180 g/mol. The number of nitrogens with one attached hydrogen (secondary N) is 1. The van der Waals surface area contributed by atoms with Gasteiger partial charge in [-0.2, -0.15) is 0 Å². The molecule has 0 radical (unpaired) electrons. The zero-order chi connectivity index (χ0) is 9.68. The molecule has 0 aliphatic carbocycles. The normalized spacial score (nSPS) is 10.2. The van der Waals surface area contributed by atoms with Crippen molar-refractivity contribution in [2.24, 2.45) is 0 Å². The van der Waals surface area contributed by atoms with Gasteiger partial charge in [0.25, 0.3) is 0 Å². The highest BCUT2D eigenvalue weighted by Crippen LogP contribution is 2.15. The standard InChI is InChI=1S/C10H16N2O/c1-4-13-10-7-5-9(6-8-10)11-12(2)3/h5-8,11H,4H2,1-3H3. The Balaban J connectivity index is 2.59. The fourth-order valence-corrected chi connectivity index (χ4v) is 1.05. The highest BCUT2D eigenvalue weighted by atomic mass is 16.5. The molecule has 3 heteroatoms. The van der Waals surface area contributed by atoms with Crippen LogP contribution in [0.3, 0.4) is 0 Å². The summed E-state index contributed by atoms with van der Waals surface area (Å²) >= 11 is 0. The Morgan fingerprint density at radius 3 is 2.31 bits per heavy atom. The maximum Gasteiger partial charge on any atom is 0.119 e. The minimum atomic E-state index is 0.709. The summed E-state index contributed by atoms with van der Waals surface area (Å²) in [6.45, 7) is 2.69. The molecule has 1 aromatic rings. The zero-order valence-electron chi connectivity index (χ0n) is 8.37. The molecule has 1 aromatic carbocycles. The van der Waals surface area contributed by atoms with E-state index in [2.05, 4.69) is 5.43 Å². The first-order chi connectivity index (χ1) is 6.22. The minimum absolute atomic E-state index is 0.709. The molecule has 0 aliphatic rings. The third-order valence-electron chi connectivity index (χ3n) is 1.52. The maximum atomic E-state index is 5.32. The SMILES string of the molecule is CCOc1ccc(NN(C)C)cc1. The van der Waals surface area contributed by atoms with Crippen LogP contribution >= 0.6 is 0 Å². The third kappa shape index (κ3) is 3.34. The average molecular weight is 180 g/mol. The van der Waals surface area contributed by atoms with Gasteiger partial charge in [0.2, 0.25) is 0 Å². The lowest BCUT2D eigenvalue weighted by molar-refractivity contribution is 0.340. The first-order valence-electron chi connectivity index (χ1n) is 4.39. The average Bonchev–Trinajstić information content (AvgIpc) is 2.08. The maximum absolute atomic E-state index is 5.32. The molecule has 13 heavy (non-hydrogen) atoms. The van der Waals surface area contributed by atoms with E-state index in [4.69, 9.17) is 4.74 Å². The topological polar surface area (TPSA) is 24.5 Å². The van der Waals surface area contributed by atoms with Crippen molar-refractivity contribution in [2.75, 3.05) is 26.1 Å². The molecule has 0 aliphatic heterocycles. The number of anilines is 1. The molecule has 1 rings (SSSR count). The van der Waals surface area contributed by atoms with Crippen LogP contribution in [0.5, 0.6) is 5.75 Å². The summed E-state index contributed by atoms with van der Waals surface area (Å²) in [5.41, 5.74) is 4.22. The van der Waals surface area contributed by atoms with Gasteiger partial charge in [0.1, 0.15) is 5.75 Å². The van der Waals surface area contributed by atoms with E-state index in [1.54, 1.807) is 0 Å². The molecular formula is C10H16N2O. The summed E-state index contributed by atoms with van der Waals surface area (Å²) in [5.74, 6) is 0.909. The smallest absolute Gasteiger partial charge is 0.119 e. The summed E-state index contributed by atoms with van der Waals surface area (Å²) < 4.78 is 5.32. The lowest BCUT2D eigenvalue weighted by Gasteiger charge is -2.13. The number of rotatable bonds is 4. The van der Waals surface area contributed by atoms with Gasteiger partial charge >= 0.3 is 0 Å². The van der Waals surface area contributed by atoms with E-state index < -0.39 is 0 Å². The van der Waals surface area contributed by atoms with Crippen LogP contribution in [0.2, 0.25) is 0 Å². The second-order valence-corrected chi connectivity index (χ2v) is 2.96. The van der Waals surface area contributed by atoms with Gasteiger partial charge in [-0.25, -0.2) is 5.01 Å². The van der Waals surface area contributed by atoms with E-state index in [0.29, 0.717) is 6.61 Å². The van der Waals surface area contributed by atoms with Crippen LogP contribution in [-0.4, -0.2) is 25.7 Å². The van der Waals surface area contributed by atoms with Crippen LogP contribution in [0.15, 0.2) is 24.3 Å². The van der Waals surface area contributed by atoms with Crippen LogP contribution < -0.4 is 10.2 Å². The van der Waals surface area contributed by atoms with Crippen molar-refractivity contribution < 1.29 is 4.74 Å². The Hall–Kier alpha value is -1.22. The number of ether oxygens (including phenoxy) is 1. The van der Waals surface area contributed by atoms with Crippen molar-refractivity contribution in [1.29, 1.82) is 0 Å². The lowest BCUT2D eigenvalue weighted by atomic mass is 10.3. The lowest BCUT2D eigenvalue weighted by Crippen LogP contribution is -2.19. The van der Waals surface area contributed by atoms with Gasteiger partial charge in [-0.15, -0.1) is 0 Å². The molecule has 0 heterocycles. The molecule has 0 bridgehead atoms. The Bertz CT molecular complexity index is 244. The Labute approximate surface area is 79.3 Å². The van der Waals surface area contributed by atoms with Gasteiger partial charge in [-0.3, -0.25) is 0 Å². The number of hydrazine groups is 1. The van der Waals surface area contributed by atoms with Crippen LogP contribution in [0.1, 0.15) is 6.92 Å². The summed E-state index contributed by atoms with van der Waals surface area (Å²) in [7, 11) is 3.91. The Morgan fingerprint density at radius 1 is 1.23 bits per heavy atom. The summed E-state index contributed by atoms with van der Waals surface area (Å²) in [6, 6.07) is 7.89. The predicted octanol–water partition coefficient (Wildman–Crippen LogP) is 1.97. The number of nitrogens with zero attached hydrogens (tertiary/aromatic N) is 1. The largest absolute Gasteiger partial charge is 0.494 e. The van der Waals surface area contributed by atoms with Gasteiger partial charge in [0.15, 0.2) is 0 Å². The van der Waals surface area contributed by atoms with E-state index in [9.17, 15) is 0 Å². The van der Waals surface area contributed by atoms with Crippen LogP contribution in [-0.2, 0) is 0 Å². The van der Waals surface area contributed by atoms with Crippen LogP contribution in [0.25, 0.3) is 0 Å². The number of hydrogen-bond acceptors (Lipinski definition) is 3. The number of benzene rings is 1. The molecule has 72 valence electrons. The highest BCUT2D eigenvalue weighted by Gasteiger charge is 1.94. The van der Waals surface area contributed by atoms with Crippen LogP contribution in [0, 0.1) is 0 Å². The summed E-state index contributed by atoms with van der Waals surface area (Å²) in [4.78, 5) is 0. The van der Waals surface area contributed by atoms with E-state index in [0.717, 1.165) is 11.4 Å². The molecule has 1 N–H and O–H groups in total. The molecule has 3 nitrogen and oxygen atoms in total. The fraction of sp³-hybridized carbons (Fsp3) is 0.400. The van der Waals surface area contributed by atoms with Crippen molar-refractivity contribution >= 4 is 5.69 Å². The minimum Gasteiger partial charge on any atom is -0.494 e. The van der Waals surface area contributed by atoms with Gasteiger partial charge in [-0.05, 0) is 31.2 Å². The highest BCUT2D eigenvalue weighted by molar-refractivity contribution is 5.45. The van der Waals surface area contributed by atoms with Crippen molar-refractivity contribution in [3.8, 4) is 5.75 Å². The Morgan fingerprint density at radius 2 is 1.85 bits per heavy atom. The molecule has 0 spiro atoms. The molecule has 0 amide bonds. The molecule has 0 aromatic heterocycles. The molecular weight excluding hydrogens is 164 g/mol. The second-order valence-electron chi connectivity index (χ2n) is 2.96. The van der Waals surface area contributed by atoms with Gasteiger partial charge in [0.05, 0.1) is 6.61 Å². The first-order valence-corrected chi connectivity index (χ1v) is 4.39. The molecule has 0 atom stereocenters. The van der Waals surface area contributed by atoms with Gasteiger partial charge in [-0.1, -0.05) is 0 Å². The fourth-order valence-electron chi connectivity index (χ4n) is 1.05. The van der Waals surface area contributed by atoms with E-state index in [1.807, 2.05) is 50.3 Å². The molecule has 0 saturated heterocycles. The van der Waals surface area contributed by atoms with Crippen LogP contribution in [0.4, 0.5) is 5.69 Å². The summed E-state index contributed by atoms with van der Waals surface area (Å²) in [5, 5.41) is 1.90.